The number of hydrogen-bond donors (Lipinski definition) is 1. The van der Waals surface area contributed by atoms with E-state index in [1.54, 1.807) is 0 Å². The summed E-state index contributed by atoms with van der Waals surface area (Å²) in [7, 11) is 0. The van der Waals surface area contributed by atoms with Crippen LogP contribution in [0.25, 0.3) is 0 Å². The van der Waals surface area contributed by atoms with Gasteiger partial charge in [0.05, 0.1) is 12.7 Å². The van der Waals surface area contributed by atoms with E-state index >= 15 is 0 Å². The van der Waals surface area contributed by atoms with Crippen molar-refractivity contribution in [2.45, 2.75) is 64.5 Å². The fourth-order valence-electron chi connectivity index (χ4n) is 2.99. The number of nitrogens with zero attached hydrogens (tertiary/aromatic N) is 1. The van der Waals surface area contributed by atoms with Crippen molar-refractivity contribution in [3.63, 3.8) is 0 Å². The quantitative estimate of drug-likeness (QED) is 0.745. The van der Waals surface area contributed by atoms with Gasteiger partial charge in [0.2, 0.25) is 0 Å². The maximum Gasteiger partial charge on any atom is 0.0597 e. The van der Waals surface area contributed by atoms with Gasteiger partial charge in [0, 0.05) is 18.6 Å². The Balaban J connectivity index is 2.50. The van der Waals surface area contributed by atoms with E-state index in [-0.39, 0.29) is 5.54 Å². The van der Waals surface area contributed by atoms with Crippen LogP contribution in [0.3, 0.4) is 0 Å². The van der Waals surface area contributed by atoms with Crippen LogP contribution < -0.4 is 5.73 Å². The molecular formula is C14H30N2O. The van der Waals surface area contributed by atoms with Gasteiger partial charge in [-0.05, 0) is 33.2 Å². The fourth-order valence-corrected chi connectivity index (χ4v) is 2.99. The van der Waals surface area contributed by atoms with Gasteiger partial charge >= 0.3 is 0 Å². The monoisotopic (exact) mass is 242 g/mol. The maximum atomic E-state index is 6.06. The molecule has 1 fully saturated rings. The molecule has 3 heteroatoms. The summed E-state index contributed by atoms with van der Waals surface area (Å²) in [6.45, 7) is 10.1. The SMILES string of the molecule is CCN(CCOC(C)C)C1(CN)CCCCC1. The van der Waals surface area contributed by atoms with Crippen molar-refractivity contribution in [1.29, 1.82) is 0 Å². The standard InChI is InChI=1S/C14H30N2O/c1-4-16(10-11-17-13(2)3)14(12-15)8-6-5-7-9-14/h13H,4-12,15H2,1-3H3. The molecule has 0 saturated heterocycles. The van der Waals surface area contributed by atoms with Crippen molar-refractivity contribution in [2.24, 2.45) is 5.73 Å². The molecule has 0 unspecified atom stereocenters. The lowest BCUT2D eigenvalue weighted by Gasteiger charge is -2.45. The minimum atomic E-state index is 0.257. The minimum absolute atomic E-state index is 0.257. The van der Waals surface area contributed by atoms with Crippen molar-refractivity contribution in [2.75, 3.05) is 26.2 Å². The Hall–Kier alpha value is -0.120. The Labute approximate surface area is 107 Å². The zero-order valence-corrected chi connectivity index (χ0v) is 11.9. The number of nitrogens with two attached hydrogens (primary N) is 1. The van der Waals surface area contributed by atoms with Crippen molar-refractivity contribution in [1.82, 2.24) is 4.90 Å². The van der Waals surface area contributed by atoms with Gasteiger partial charge in [-0.15, -0.1) is 0 Å². The summed E-state index contributed by atoms with van der Waals surface area (Å²) in [5.41, 5.74) is 6.32. The van der Waals surface area contributed by atoms with E-state index in [2.05, 4.69) is 25.7 Å². The van der Waals surface area contributed by atoms with Gasteiger partial charge in [0.25, 0.3) is 0 Å². The molecule has 0 spiro atoms. The Kier molecular flexibility index (Phi) is 6.45. The zero-order valence-electron chi connectivity index (χ0n) is 11.9. The van der Waals surface area contributed by atoms with Crippen LogP contribution in [0.5, 0.6) is 0 Å². The summed E-state index contributed by atoms with van der Waals surface area (Å²) in [5.74, 6) is 0. The van der Waals surface area contributed by atoms with Crippen LogP contribution in [0, 0.1) is 0 Å². The molecule has 0 atom stereocenters. The first-order valence-electron chi connectivity index (χ1n) is 7.21. The van der Waals surface area contributed by atoms with Crippen molar-refractivity contribution in [3.05, 3.63) is 0 Å². The lowest BCUT2D eigenvalue weighted by molar-refractivity contribution is 0.0102. The maximum absolute atomic E-state index is 6.06. The third-order valence-corrected chi connectivity index (χ3v) is 4.03. The second kappa shape index (κ2) is 7.34. The molecule has 0 bridgehead atoms. The predicted octanol–water partition coefficient (Wildman–Crippen LogP) is 2.39. The molecule has 0 heterocycles. The average molecular weight is 242 g/mol. The van der Waals surface area contributed by atoms with Gasteiger partial charge in [-0.3, -0.25) is 4.90 Å². The highest BCUT2D eigenvalue weighted by Crippen LogP contribution is 2.32. The van der Waals surface area contributed by atoms with Gasteiger partial charge < -0.3 is 10.5 Å². The van der Waals surface area contributed by atoms with Crippen LogP contribution in [0.4, 0.5) is 0 Å². The number of ether oxygens (including phenoxy) is 1. The van der Waals surface area contributed by atoms with E-state index in [4.69, 9.17) is 10.5 Å². The number of likely N-dealkylation sites (N-methyl/N-ethyl adjacent to an activating group) is 1. The molecule has 1 aliphatic carbocycles. The first kappa shape index (κ1) is 14.9. The number of hydrogen-bond acceptors (Lipinski definition) is 3. The van der Waals surface area contributed by atoms with Crippen molar-refractivity contribution >= 4 is 0 Å². The van der Waals surface area contributed by atoms with Gasteiger partial charge in [0.15, 0.2) is 0 Å². The molecule has 0 aromatic rings. The lowest BCUT2D eigenvalue weighted by Crippen LogP contribution is -2.55. The Morgan fingerprint density at radius 1 is 1.24 bits per heavy atom. The van der Waals surface area contributed by atoms with Gasteiger partial charge in [0.1, 0.15) is 0 Å². The minimum Gasteiger partial charge on any atom is -0.377 e. The van der Waals surface area contributed by atoms with Crippen molar-refractivity contribution in [3.8, 4) is 0 Å². The van der Waals surface area contributed by atoms with Crippen LogP contribution in [-0.4, -0.2) is 42.8 Å². The number of rotatable bonds is 7. The largest absolute Gasteiger partial charge is 0.377 e. The summed E-state index contributed by atoms with van der Waals surface area (Å²) < 4.78 is 5.67. The molecule has 1 rings (SSSR count). The molecule has 0 aromatic carbocycles. The molecule has 0 amide bonds. The molecular weight excluding hydrogens is 212 g/mol. The normalized spacial score (nSPS) is 20.1. The van der Waals surface area contributed by atoms with Gasteiger partial charge in [-0.25, -0.2) is 0 Å². The molecule has 102 valence electrons. The van der Waals surface area contributed by atoms with Gasteiger partial charge in [-0.1, -0.05) is 26.2 Å². The first-order chi connectivity index (χ1) is 8.14. The highest BCUT2D eigenvalue weighted by Gasteiger charge is 2.35. The average Bonchev–Trinajstić information content (AvgIpc) is 2.35. The molecule has 0 radical (unpaired) electrons. The molecule has 17 heavy (non-hydrogen) atoms. The van der Waals surface area contributed by atoms with E-state index < -0.39 is 0 Å². The van der Waals surface area contributed by atoms with Crippen LogP contribution in [-0.2, 0) is 4.74 Å². The predicted molar refractivity (Wildman–Crippen MR) is 73.2 cm³/mol. The Morgan fingerprint density at radius 2 is 1.88 bits per heavy atom. The summed E-state index contributed by atoms with van der Waals surface area (Å²) >= 11 is 0. The highest BCUT2D eigenvalue weighted by molar-refractivity contribution is 4.93. The summed E-state index contributed by atoms with van der Waals surface area (Å²) in [6.07, 6.45) is 6.89. The molecule has 3 nitrogen and oxygen atoms in total. The van der Waals surface area contributed by atoms with Crippen molar-refractivity contribution < 1.29 is 4.74 Å². The van der Waals surface area contributed by atoms with E-state index in [9.17, 15) is 0 Å². The Bertz CT molecular complexity index is 200. The van der Waals surface area contributed by atoms with E-state index in [0.29, 0.717) is 6.10 Å². The second-order valence-corrected chi connectivity index (χ2v) is 5.49. The third kappa shape index (κ3) is 4.23. The summed E-state index contributed by atoms with van der Waals surface area (Å²) in [4.78, 5) is 2.55. The summed E-state index contributed by atoms with van der Waals surface area (Å²) in [5, 5.41) is 0. The second-order valence-electron chi connectivity index (χ2n) is 5.49. The smallest absolute Gasteiger partial charge is 0.0597 e. The molecule has 1 saturated carbocycles. The highest BCUT2D eigenvalue weighted by atomic mass is 16.5. The van der Waals surface area contributed by atoms with E-state index in [1.165, 1.54) is 32.1 Å². The first-order valence-corrected chi connectivity index (χ1v) is 7.21. The summed E-state index contributed by atoms with van der Waals surface area (Å²) in [6, 6.07) is 0. The van der Waals surface area contributed by atoms with Crippen LogP contribution in [0.15, 0.2) is 0 Å². The Morgan fingerprint density at radius 3 is 2.35 bits per heavy atom. The molecule has 2 N–H and O–H groups in total. The van der Waals surface area contributed by atoms with Gasteiger partial charge in [-0.2, -0.15) is 0 Å². The van der Waals surface area contributed by atoms with Crippen LogP contribution >= 0.6 is 0 Å². The molecule has 0 aliphatic heterocycles. The molecule has 0 aromatic heterocycles. The molecule has 1 aliphatic rings. The lowest BCUT2D eigenvalue weighted by atomic mass is 9.80. The fraction of sp³-hybridized carbons (Fsp3) is 1.00. The van der Waals surface area contributed by atoms with Crippen LogP contribution in [0.1, 0.15) is 52.9 Å². The third-order valence-electron chi connectivity index (χ3n) is 4.03. The van der Waals surface area contributed by atoms with E-state index in [1.807, 2.05) is 0 Å². The van der Waals surface area contributed by atoms with E-state index in [0.717, 1.165) is 26.2 Å². The topological polar surface area (TPSA) is 38.5 Å². The zero-order chi connectivity index (χ0) is 12.7. The van der Waals surface area contributed by atoms with Crippen LogP contribution in [0.2, 0.25) is 0 Å².